The van der Waals surface area contributed by atoms with Crippen molar-refractivity contribution in [1.29, 1.82) is 0 Å². The van der Waals surface area contributed by atoms with Gasteiger partial charge < -0.3 is 14.4 Å². The van der Waals surface area contributed by atoms with Crippen LogP contribution in [0.5, 0.6) is 0 Å². The minimum absolute atomic E-state index is 0.110. The van der Waals surface area contributed by atoms with Crippen LogP contribution in [0.25, 0.3) is 0 Å². The monoisotopic (exact) mass is 243 g/mol. The first-order valence-electron chi connectivity index (χ1n) is 6.67. The number of carbonyl (C=O) groups excluding carboxylic acids is 1. The first-order valence-corrected chi connectivity index (χ1v) is 6.67. The zero-order valence-electron chi connectivity index (χ0n) is 11.1. The van der Waals surface area contributed by atoms with Gasteiger partial charge in [-0.3, -0.25) is 4.79 Å². The van der Waals surface area contributed by atoms with Crippen molar-refractivity contribution in [2.45, 2.75) is 45.1 Å². The van der Waals surface area contributed by atoms with Crippen LogP contribution in [0.2, 0.25) is 0 Å². The Kier molecular flexibility index (Phi) is 7.21. The number of carbonyl (C=O) groups is 1. The highest BCUT2D eigenvalue weighted by atomic mass is 16.5. The molecule has 1 fully saturated rings. The van der Waals surface area contributed by atoms with Crippen LogP contribution in [0.15, 0.2) is 0 Å². The van der Waals surface area contributed by atoms with Crippen molar-refractivity contribution in [2.75, 3.05) is 33.4 Å². The molecule has 0 aromatic rings. The SMILES string of the molecule is CCCOC1CCCN(CCCC(=O)OC)C1. The molecule has 1 atom stereocenters. The number of piperidine rings is 1. The largest absolute Gasteiger partial charge is 0.469 e. The average Bonchev–Trinajstić information content (AvgIpc) is 2.36. The van der Waals surface area contributed by atoms with Gasteiger partial charge in [0.1, 0.15) is 0 Å². The minimum atomic E-state index is -0.110. The predicted octanol–water partition coefficient (Wildman–Crippen LogP) is 1.83. The van der Waals surface area contributed by atoms with Gasteiger partial charge in [0.2, 0.25) is 0 Å². The first kappa shape index (κ1) is 14.5. The molecule has 17 heavy (non-hydrogen) atoms. The summed E-state index contributed by atoms with van der Waals surface area (Å²) in [6.45, 7) is 6.12. The molecule has 0 spiro atoms. The molecule has 1 rings (SSSR count). The van der Waals surface area contributed by atoms with Crippen LogP contribution in [0.1, 0.15) is 39.0 Å². The molecular formula is C13H25NO3. The summed E-state index contributed by atoms with van der Waals surface area (Å²) in [5.41, 5.74) is 0. The van der Waals surface area contributed by atoms with Gasteiger partial charge in [0.05, 0.1) is 13.2 Å². The van der Waals surface area contributed by atoms with Gasteiger partial charge in [-0.15, -0.1) is 0 Å². The maximum atomic E-state index is 11.0. The van der Waals surface area contributed by atoms with E-state index >= 15 is 0 Å². The van der Waals surface area contributed by atoms with Crippen LogP contribution in [-0.4, -0.2) is 50.3 Å². The summed E-state index contributed by atoms with van der Waals surface area (Å²) < 4.78 is 10.4. The molecule has 0 radical (unpaired) electrons. The molecule has 1 aliphatic rings. The summed E-state index contributed by atoms with van der Waals surface area (Å²) in [4.78, 5) is 13.4. The lowest BCUT2D eigenvalue weighted by molar-refractivity contribution is -0.140. The molecule has 1 aliphatic heterocycles. The Balaban J connectivity index is 2.13. The van der Waals surface area contributed by atoms with E-state index in [0.29, 0.717) is 12.5 Å². The molecular weight excluding hydrogens is 218 g/mol. The van der Waals surface area contributed by atoms with Gasteiger partial charge in [0.15, 0.2) is 0 Å². The zero-order valence-corrected chi connectivity index (χ0v) is 11.1. The summed E-state index contributed by atoms with van der Waals surface area (Å²) in [5.74, 6) is -0.110. The van der Waals surface area contributed by atoms with Gasteiger partial charge in [-0.25, -0.2) is 0 Å². The van der Waals surface area contributed by atoms with E-state index in [-0.39, 0.29) is 5.97 Å². The van der Waals surface area contributed by atoms with Crippen molar-refractivity contribution in [1.82, 2.24) is 4.90 Å². The molecule has 1 heterocycles. The lowest BCUT2D eigenvalue weighted by Gasteiger charge is -2.32. The lowest BCUT2D eigenvalue weighted by atomic mass is 10.1. The third-order valence-corrected chi connectivity index (χ3v) is 3.10. The van der Waals surface area contributed by atoms with Gasteiger partial charge in [0.25, 0.3) is 0 Å². The molecule has 100 valence electrons. The Labute approximate surface area is 104 Å². The van der Waals surface area contributed by atoms with Crippen molar-refractivity contribution in [3.63, 3.8) is 0 Å². The fourth-order valence-electron chi connectivity index (χ4n) is 2.19. The number of nitrogens with zero attached hydrogens (tertiary/aromatic N) is 1. The molecule has 0 aromatic heterocycles. The van der Waals surface area contributed by atoms with Crippen LogP contribution in [0.3, 0.4) is 0 Å². The number of ether oxygens (including phenoxy) is 2. The Morgan fingerprint density at radius 3 is 3.00 bits per heavy atom. The van der Waals surface area contributed by atoms with E-state index in [9.17, 15) is 4.79 Å². The van der Waals surface area contributed by atoms with Gasteiger partial charge in [-0.2, -0.15) is 0 Å². The van der Waals surface area contributed by atoms with Gasteiger partial charge in [0, 0.05) is 19.6 Å². The average molecular weight is 243 g/mol. The highest BCUT2D eigenvalue weighted by Crippen LogP contribution is 2.14. The van der Waals surface area contributed by atoms with Crippen molar-refractivity contribution in [3.8, 4) is 0 Å². The second kappa shape index (κ2) is 8.48. The molecule has 1 unspecified atom stereocenters. The Hall–Kier alpha value is -0.610. The van der Waals surface area contributed by atoms with Crippen LogP contribution >= 0.6 is 0 Å². The van der Waals surface area contributed by atoms with Gasteiger partial charge >= 0.3 is 5.97 Å². The molecule has 4 heteroatoms. The quantitative estimate of drug-likeness (QED) is 0.639. The molecule has 4 nitrogen and oxygen atoms in total. The standard InChI is InChI=1S/C13H25NO3/c1-3-10-17-12-6-4-8-14(11-12)9-5-7-13(15)16-2/h12H,3-11H2,1-2H3. The van der Waals surface area contributed by atoms with E-state index in [4.69, 9.17) is 4.74 Å². The normalized spacial score (nSPS) is 21.4. The Morgan fingerprint density at radius 2 is 2.29 bits per heavy atom. The number of likely N-dealkylation sites (tertiary alicyclic amines) is 1. The van der Waals surface area contributed by atoms with Crippen LogP contribution < -0.4 is 0 Å². The summed E-state index contributed by atoms with van der Waals surface area (Å²) in [5, 5.41) is 0. The maximum absolute atomic E-state index is 11.0. The van der Waals surface area contributed by atoms with Crippen molar-refractivity contribution < 1.29 is 14.3 Å². The molecule has 0 amide bonds. The Bertz CT molecular complexity index is 221. The molecule has 0 aromatic carbocycles. The van der Waals surface area contributed by atoms with E-state index in [2.05, 4.69) is 16.6 Å². The van der Waals surface area contributed by atoms with E-state index in [1.807, 2.05) is 0 Å². The van der Waals surface area contributed by atoms with Crippen LogP contribution in [-0.2, 0) is 14.3 Å². The fourth-order valence-corrected chi connectivity index (χ4v) is 2.19. The second-order valence-corrected chi connectivity index (χ2v) is 4.62. The highest BCUT2D eigenvalue weighted by molar-refractivity contribution is 5.69. The van der Waals surface area contributed by atoms with E-state index < -0.39 is 0 Å². The number of hydrogen-bond acceptors (Lipinski definition) is 4. The second-order valence-electron chi connectivity index (χ2n) is 4.62. The molecule has 0 N–H and O–H groups in total. The van der Waals surface area contributed by atoms with E-state index in [1.165, 1.54) is 20.0 Å². The molecule has 0 bridgehead atoms. The summed E-state index contributed by atoms with van der Waals surface area (Å²) in [6, 6.07) is 0. The smallest absolute Gasteiger partial charge is 0.305 e. The number of esters is 1. The predicted molar refractivity (Wildman–Crippen MR) is 67.0 cm³/mol. The molecule has 0 aliphatic carbocycles. The summed E-state index contributed by atoms with van der Waals surface area (Å²) >= 11 is 0. The minimum Gasteiger partial charge on any atom is -0.469 e. The first-order chi connectivity index (χ1) is 8.26. The van der Waals surface area contributed by atoms with Gasteiger partial charge in [-0.1, -0.05) is 6.92 Å². The highest BCUT2D eigenvalue weighted by Gasteiger charge is 2.19. The van der Waals surface area contributed by atoms with Gasteiger partial charge in [-0.05, 0) is 38.8 Å². The van der Waals surface area contributed by atoms with E-state index in [1.54, 1.807) is 0 Å². The summed E-state index contributed by atoms with van der Waals surface area (Å²) in [7, 11) is 1.44. The number of methoxy groups -OCH3 is 1. The third kappa shape index (κ3) is 6.03. The van der Waals surface area contributed by atoms with Crippen molar-refractivity contribution in [2.24, 2.45) is 0 Å². The molecule has 1 saturated heterocycles. The number of hydrogen-bond donors (Lipinski definition) is 0. The van der Waals surface area contributed by atoms with Crippen molar-refractivity contribution in [3.05, 3.63) is 0 Å². The fraction of sp³-hybridized carbons (Fsp3) is 0.923. The van der Waals surface area contributed by atoms with Crippen LogP contribution in [0, 0.1) is 0 Å². The number of rotatable bonds is 7. The maximum Gasteiger partial charge on any atom is 0.305 e. The topological polar surface area (TPSA) is 38.8 Å². The molecule has 0 saturated carbocycles. The Morgan fingerprint density at radius 1 is 1.47 bits per heavy atom. The van der Waals surface area contributed by atoms with Crippen LogP contribution in [0.4, 0.5) is 0 Å². The third-order valence-electron chi connectivity index (χ3n) is 3.10. The van der Waals surface area contributed by atoms with Crippen molar-refractivity contribution >= 4 is 5.97 Å². The lowest BCUT2D eigenvalue weighted by Crippen LogP contribution is -2.40. The summed E-state index contributed by atoms with van der Waals surface area (Å²) in [6.07, 6.45) is 5.25. The zero-order chi connectivity index (χ0) is 12.5. The van der Waals surface area contributed by atoms with E-state index in [0.717, 1.165) is 39.1 Å².